The van der Waals surface area contributed by atoms with Crippen LogP contribution in [0.4, 0.5) is 0 Å². The van der Waals surface area contributed by atoms with Crippen molar-refractivity contribution in [2.45, 2.75) is 24.7 Å². The lowest BCUT2D eigenvalue weighted by Gasteiger charge is -2.46. The minimum absolute atomic E-state index is 0.289. The van der Waals surface area contributed by atoms with Gasteiger partial charge in [0.05, 0.1) is 11.5 Å². The Morgan fingerprint density at radius 1 is 1.38 bits per heavy atom. The van der Waals surface area contributed by atoms with Crippen molar-refractivity contribution in [2.75, 3.05) is 0 Å². The second kappa shape index (κ2) is 5.28. The molecule has 0 N–H and O–H groups in total. The fraction of sp³-hybridized carbons (Fsp3) is 0.429. The smallest absolute Gasteiger partial charge is 0.143 e. The number of aryl methyl sites for hydroxylation is 1. The van der Waals surface area contributed by atoms with E-state index in [1.807, 2.05) is 23.7 Å². The zero-order valence-corrected chi connectivity index (χ0v) is 12.9. The monoisotopic (exact) mass is 321 g/mol. The van der Waals surface area contributed by atoms with Gasteiger partial charge in [-0.05, 0) is 36.5 Å². The highest BCUT2D eigenvalue weighted by Gasteiger charge is 2.49. The predicted molar refractivity (Wildman–Crippen MR) is 79.0 cm³/mol. The molecule has 21 heavy (non-hydrogen) atoms. The molecule has 2 heterocycles. The van der Waals surface area contributed by atoms with Crippen LogP contribution in [-0.4, -0.2) is 19.7 Å². The summed E-state index contributed by atoms with van der Waals surface area (Å²) in [4.78, 5) is 4.00. The Kier molecular flexibility index (Phi) is 3.60. The summed E-state index contributed by atoms with van der Waals surface area (Å²) in [6.07, 6.45) is 3.90. The molecule has 5 nitrogen and oxygen atoms in total. The highest BCUT2D eigenvalue weighted by Crippen LogP contribution is 2.53. The molecule has 0 radical (unpaired) electrons. The molecule has 0 amide bonds. The van der Waals surface area contributed by atoms with E-state index in [-0.39, 0.29) is 5.41 Å². The summed E-state index contributed by atoms with van der Waals surface area (Å²) >= 11 is 12.1. The Balaban J connectivity index is 2.06. The van der Waals surface area contributed by atoms with Gasteiger partial charge in [0, 0.05) is 13.5 Å². The summed E-state index contributed by atoms with van der Waals surface area (Å²) < 4.78 is 1.91. The van der Waals surface area contributed by atoms with E-state index in [0.29, 0.717) is 22.6 Å². The SMILES string of the molecule is Cn1cnnc1C1(c2cc(Cl)nc(Cl)c2)CC(CC#N)C1. The van der Waals surface area contributed by atoms with E-state index in [1.54, 1.807) is 6.33 Å². The zero-order valence-electron chi connectivity index (χ0n) is 11.4. The van der Waals surface area contributed by atoms with E-state index in [4.69, 9.17) is 28.5 Å². The largest absolute Gasteiger partial charge is 0.320 e. The lowest BCUT2D eigenvalue weighted by atomic mass is 9.57. The Labute approximate surface area is 132 Å². The van der Waals surface area contributed by atoms with Crippen LogP contribution in [0, 0.1) is 17.2 Å². The van der Waals surface area contributed by atoms with E-state index >= 15 is 0 Å². The molecule has 2 aromatic heterocycles. The van der Waals surface area contributed by atoms with E-state index in [2.05, 4.69) is 21.3 Å². The summed E-state index contributed by atoms with van der Waals surface area (Å²) in [7, 11) is 1.92. The number of aromatic nitrogens is 4. The van der Waals surface area contributed by atoms with Gasteiger partial charge >= 0.3 is 0 Å². The van der Waals surface area contributed by atoms with Gasteiger partial charge in [0.1, 0.15) is 22.5 Å². The van der Waals surface area contributed by atoms with Gasteiger partial charge in [-0.3, -0.25) is 0 Å². The molecule has 1 aliphatic rings. The van der Waals surface area contributed by atoms with Gasteiger partial charge in [-0.1, -0.05) is 23.2 Å². The molecule has 0 saturated heterocycles. The molecule has 7 heteroatoms. The first-order chi connectivity index (χ1) is 10.0. The minimum Gasteiger partial charge on any atom is -0.320 e. The van der Waals surface area contributed by atoms with Crippen LogP contribution in [0.1, 0.15) is 30.7 Å². The molecule has 0 atom stereocenters. The van der Waals surface area contributed by atoms with E-state index in [9.17, 15) is 0 Å². The molecule has 108 valence electrons. The maximum absolute atomic E-state index is 8.88. The van der Waals surface area contributed by atoms with Crippen molar-refractivity contribution in [3.05, 3.63) is 40.2 Å². The fourth-order valence-corrected chi connectivity index (χ4v) is 3.66. The summed E-state index contributed by atoms with van der Waals surface area (Å²) in [6, 6.07) is 5.88. The number of hydrogen-bond acceptors (Lipinski definition) is 4. The van der Waals surface area contributed by atoms with Gasteiger partial charge in [-0.25, -0.2) is 4.98 Å². The Hall–Kier alpha value is -1.64. The van der Waals surface area contributed by atoms with Crippen LogP contribution >= 0.6 is 23.2 Å². The highest BCUT2D eigenvalue weighted by molar-refractivity contribution is 6.32. The van der Waals surface area contributed by atoms with Crippen LogP contribution in [0.5, 0.6) is 0 Å². The Morgan fingerprint density at radius 3 is 2.57 bits per heavy atom. The third-order valence-electron chi connectivity index (χ3n) is 4.11. The lowest BCUT2D eigenvalue weighted by molar-refractivity contribution is 0.172. The summed E-state index contributed by atoms with van der Waals surface area (Å²) in [5.74, 6) is 1.23. The van der Waals surface area contributed by atoms with Crippen LogP contribution in [0.3, 0.4) is 0 Å². The number of hydrogen-bond donors (Lipinski definition) is 0. The molecule has 2 aromatic rings. The first kappa shape index (κ1) is 14.3. The third-order valence-corrected chi connectivity index (χ3v) is 4.50. The standard InChI is InChI=1S/C14H13Cl2N5/c1-21-8-18-20-13(21)14(6-9(7-14)2-3-17)10-4-11(15)19-12(16)5-10/h4-5,8-9H,2,6-7H2,1H3. The number of halogens is 2. The zero-order chi connectivity index (χ0) is 15.0. The van der Waals surface area contributed by atoms with Crippen molar-refractivity contribution in [1.82, 2.24) is 19.7 Å². The van der Waals surface area contributed by atoms with Crippen molar-refractivity contribution in [3.8, 4) is 6.07 Å². The van der Waals surface area contributed by atoms with Gasteiger partial charge < -0.3 is 4.57 Å². The molecule has 1 saturated carbocycles. The van der Waals surface area contributed by atoms with Gasteiger partial charge in [0.2, 0.25) is 0 Å². The average Bonchev–Trinajstić information content (AvgIpc) is 2.78. The molecule has 0 bridgehead atoms. The molecule has 0 aromatic carbocycles. The molecule has 3 rings (SSSR count). The van der Waals surface area contributed by atoms with Crippen molar-refractivity contribution in [2.24, 2.45) is 13.0 Å². The molecule has 0 spiro atoms. The molecule has 0 unspecified atom stereocenters. The second-order valence-corrected chi connectivity index (χ2v) is 6.26. The molecular formula is C14H13Cl2N5. The van der Waals surface area contributed by atoms with Crippen molar-refractivity contribution in [1.29, 1.82) is 5.26 Å². The first-order valence-corrected chi connectivity index (χ1v) is 7.36. The van der Waals surface area contributed by atoms with Gasteiger partial charge in [0.25, 0.3) is 0 Å². The van der Waals surface area contributed by atoms with E-state index < -0.39 is 0 Å². The molecule has 1 aliphatic carbocycles. The van der Waals surface area contributed by atoms with E-state index in [0.717, 1.165) is 24.2 Å². The van der Waals surface area contributed by atoms with Crippen molar-refractivity contribution in [3.63, 3.8) is 0 Å². The number of rotatable bonds is 3. The quantitative estimate of drug-likeness (QED) is 0.814. The van der Waals surface area contributed by atoms with Gasteiger partial charge in [0.15, 0.2) is 0 Å². The van der Waals surface area contributed by atoms with Crippen molar-refractivity contribution < 1.29 is 0 Å². The van der Waals surface area contributed by atoms with Gasteiger partial charge in [-0.2, -0.15) is 5.26 Å². The second-order valence-electron chi connectivity index (χ2n) is 5.49. The summed E-state index contributed by atoms with van der Waals surface area (Å²) in [5.41, 5.74) is 0.695. The average molecular weight is 322 g/mol. The topological polar surface area (TPSA) is 67.4 Å². The van der Waals surface area contributed by atoms with Crippen LogP contribution in [-0.2, 0) is 12.5 Å². The predicted octanol–water partition coefficient (Wildman–Crippen LogP) is 3.13. The molecule has 1 fully saturated rings. The van der Waals surface area contributed by atoms with Crippen LogP contribution in [0.15, 0.2) is 18.5 Å². The highest BCUT2D eigenvalue weighted by atomic mass is 35.5. The normalized spacial score (nSPS) is 24.4. The molecule has 0 aliphatic heterocycles. The Bertz CT molecular complexity index is 692. The first-order valence-electron chi connectivity index (χ1n) is 6.60. The van der Waals surface area contributed by atoms with Crippen LogP contribution in [0.2, 0.25) is 10.3 Å². The van der Waals surface area contributed by atoms with Crippen LogP contribution in [0.25, 0.3) is 0 Å². The fourth-order valence-electron chi connectivity index (χ4n) is 3.20. The summed E-state index contributed by atoms with van der Waals surface area (Å²) in [5, 5.41) is 17.8. The maximum Gasteiger partial charge on any atom is 0.143 e. The number of nitriles is 1. The Morgan fingerprint density at radius 2 is 2.05 bits per heavy atom. The van der Waals surface area contributed by atoms with Gasteiger partial charge in [-0.15, -0.1) is 10.2 Å². The summed E-state index contributed by atoms with van der Waals surface area (Å²) in [6.45, 7) is 0. The number of nitrogens with zero attached hydrogens (tertiary/aromatic N) is 5. The molecular weight excluding hydrogens is 309 g/mol. The minimum atomic E-state index is -0.289. The number of pyridine rings is 1. The third kappa shape index (κ3) is 2.39. The van der Waals surface area contributed by atoms with E-state index in [1.165, 1.54) is 0 Å². The lowest BCUT2D eigenvalue weighted by Crippen LogP contribution is -2.44. The van der Waals surface area contributed by atoms with Crippen LogP contribution < -0.4 is 0 Å². The van der Waals surface area contributed by atoms with Crippen molar-refractivity contribution >= 4 is 23.2 Å². The maximum atomic E-state index is 8.88.